The lowest BCUT2D eigenvalue weighted by atomic mass is 10.0. The Morgan fingerprint density at radius 1 is 0.622 bits per heavy atom. The van der Waals surface area contributed by atoms with Gasteiger partial charge in [-0.2, -0.15) is 27.0 Å². The van der Waals surface area contributed by atoms with Crippen molar-refractivity contribution in [1.82, 2.24) is 9.80 Å². The lowest BCUT2D eigenvalue weighted by Gasteiger charge is -2.24. The van der Waals surface area contributed by atoms with Crippen molar-refractivity contribution in [1.29, 1.82) is 0 Å². The molecule has 82 heavy (non-hydrogen) atoms. The molecule has 440 valence electrons. The number of sulfonamides is 1. The van der Waals surface area contributed by atoms with Gasteiger partial charge in [-0.05, 0) is 108 Å². The number of alkyl halides is 4. The van der Waals surface area contributed by atoms with E-state index in [0.29, 0.717) is 73.7 Å². The Morgan fingerprint density at radius 2 is 0.988 bits per heavy atom. The summed E-state index contributed by atoms with van der Waals surface area (Å²) in [6, 6.07) is 22.0. The van der Waals surface area contributed by atoms with E-state index in [9.17, 15) is 46.0 Å². The number of hydrogen-bond acceptors (Lipinski definition) is 13. The Balaban J connectivity index is 0.000000237. The number of anilines is 2. The number of carbonyl (C=O) groups excluding carboxylic acids is 2. The summed E-state index contributed by atoms with van der Waals surface area (Å²) in [6.45, 7) is -5.10. The molecule has 2 saturated carbocycles. The molecule has 2 aliphatic carbocycles. The zero-order valence-corrected chi connectivity index (χ0v) is 48.0. The monoisotopic (exact) mass is 1240 g/mol. The van der Waals surface area contributed by atoms with Crippen molar-refractivity contribution in [3.8, 4) is 23.0 Å². The fourth-order valence-electron chi connectivity index (χ4n) is 7.94. The maximum absolute atomic E-state index is 13.3. The third-order valence-corrected chi connectivity index (χ3v) is 14.4. The quantitative estimate of drug-likeness (QED) is 0.0249. The summed E-state index contributed by atoms with van der Waals surface area (Å²) < 4.78 is 111. The number of nitrogens with zero attached hydrogens (tertiary/aromatic N) is 4. The first kappa shape index (κ1) is 62.5. The molecule has 0 unspecified atom stereocenters. The van der Waals surface area contributed by atoms with Gasteiger partial charge in [0.15, 0.2) is 47.8 Å². The van der Waals surface area contributed by atoms with Crippen LogP contribution in [0.2, 0.25) is 20.1 Å². The maximum Gasteiger partial charge on any atom is 0.410 e. The maximum atomic E-state index is 13.3. The second-order valence-corrected chi connectivity index (χ2v) is 22.8. The number of benzene rings is 4. The number of aromatic nitrogens is 2. The number of amides is 2. The van der Waals surface area contributed by atoms with Gasteiger partial charge in [0.05, 0.1) is 19.5 Å². The molecule has 3 N–H and O–H groups in total. The first-order chi connectivity index (χ1) is 38.9. The van der Waals surface area contributed by atoms with Crippen LogP contribution >= 0.6 is 46.4 Å². The summed E-state index contributed by atoms with van der Waals surface area (Å²) in [7, 11) is -0.363. The fraction of sp³-hybridized carbons (Fsp3) is 0.345. The average Bonchev–Trinajstić information content (AvgIpc) is 4.49. The zero-order chi connectivity index (χ0) is 59.4. The van der Waals surface area contributed by atoms with Crippen molar-refractivity contribution >= 4 is 80.0 Å². The van der Waals surface area contributed by atoms with Crippen molar-refractivity contribution in [3.63, 3.8) is 0 Å². The SMILES string of the molecule is CN(Cc1ccc(N)cc1)C(=O)O[C@@H](Cc1c(Cl)c[n+]([O-])cc1Cl)c1ccc(OC(F)F)c(OCC2CC2)c1.CN(Cc1ccc(NS(C)(=O)=O)cc1)C(=O)O[C@@H](Cc1c(Cl)c[n+]([O-])cc1Cl)c1ccc(OC(F)F)c(OCC2CC2)c1. The molecular formula is C55H56Cl4F4N6O12S. The molecule has 2 heterocycles. The number of halogens is 8. The van der Waals surface area contributed by atoms with Gasteiger partial charge in [0.1, 0.15) is 32.3 Å². The highest BCUT2D eigenvalue weighted by Gasteiger charge is 2.30. The Labute approximate surface area is 490 Å². The van der Waals surface area contributed by atoms with E-state index in [1.54, 1.807) is 55.6 Å². The lowest BCUT2D eigenvalue weighted by molar-refractivity contribution is -0.605. The molecule has 2 aromatic heterocycles. The number of nitrogens with one attached hydrogen (secondary N) is 1. The number of pyridine rings is 2. The van der Waals surface area contributed by atoms with Crippen LogP contribution in [0.3, 0.4) is 0 Å². The van der Waals surface area contributed by atoms with E-state index in [1.165, 1.54) is 53.2 Å². The van der Waals surface area contributed by atoms with Gasteiger partial charge < -0.3 is 54.4 Å². The minimum atomic E-state index is -3.44. The Bertz CT molecular complexity index is 3250. The van der Waals surface area contributed by atoms with E-state index in [0.717, 1.165) is 62.3 Å². The topological polar surface area (TPSA) is 222 Å². The zero-order valence-electron chi connectivity index (χ0n) is 44.1. The molecule has 0 spiro atoms. The Hall–Kier alpha value is -7.05. The van der Waals surface area contributed by atoms with E-state index in [1.807, 2.05) is 0 Å². The summed E-state index contributed by atoms with van der Waals surface area (Å²) >= 11 is 25.2. The first-order valence-corrected chi connectivity index (χ1v) is 28.6. The van der Waals surface area contributed by atoms with Crippen molar-refractivity contribution in [3.05, 3.63) is 174 Å². The van der Waals surface area contributed by atoms with Gasteiger partial charge in [-0.1, -0.05) is 82.8 Å². The molecule has 8 rings (SSSR count). The smallest absolute Gasteiger partial charge is 0.410 e. The molecule has 6 aromatic rings. The van der Waals surface area contributed by atoms with Crippen molar-refractivity contribution in [2.45, 2.75) is 77.0 Å². The Morgan fingerprint density at radius 3 is 1.33 bits per heavy atom. The molecule has 0 radical (unpaired) electrons. The second-order valence-electron chi connectivity index (χ2n) is 19.4. The van der Waals surface area contributed by atoms with E-state index < -0.39 is 47.6 Å². The van der Waals surface area contributed by atoms with Gasteiger partial charge in [-0.25, -0.2) is 18.0 Å². The molecule has 4 aromatic carbocycles. The molecule has 2 atom stereocenters. The van der Waals surface area contributed by atoms with E-state index in [4.69, 9.17) is 71.1 Å². The normalized spacial score (nSPS) is 13.8. The molecule has 18 nitrogen and oxygen atoms in total. The number of nitrogens with two attached hydrogens (primary N) is 1. The number of rotatable bonds is 24. The Kier molecular flexibility index (Phi) is 21.6. The summed E-state index contributed by atoms with van der Waals surface area (Å²) in [5, 5.41) is 23.8. The second kappa shape index (κ2) is 28.3. The molecule has 2 aliphatic rings. The van der Waals surface area contributed by atoms with Gasteiger partial charge in [0.25, 0.3) is 0 Å². The van der Waals surface area contributed by atoms with E-state index >= 15 is 0 Å². The molecule has 27 heteroatoms. The van der Waals surface area contributed by atoms with Crippen molar-refractivity contribution in [2.75, 3.05) is 44.0 Å². The number of hydrogen-bond donors (Lipinski definition) is 2. The number of nitrogen functional groups attached to an aromatic ring is 1. The van der Waals surface area contributed by atoms with Gasteiger partial charge in [0.2, 0.25) is 10.0 Å². The number of carbonyl (C=O) groups is 2. The summed E-state index contributed by atoms with van der Waals surface area (Å²) in [4.78, 5) is 29.1. The van der Waals surface area contributed by atoms with Crippen LogP contribution < -0.4 is 38.9 Å². The highest BCUT2D eigenvalue weighted by molar-refractivity contribution is 7.92. The standard InChI is InChI=1S/C28H29Cl2F2N3O7S.C27H27Cl2F2N3O5/c1-34(13-17-5-8-20(9-6-17)33-43(2,38)39)28(36)42-25(12-21-22(29)14-35(37)15-23(21)30)19-7-10-24(41-27(31)32)26(11-19)40-16-18-3-4-18;1-33(12-16-4-7-19(32)8-5-16)27(35)39-24(11-20-21(28)13-34(36)14-22(20)29)18-6-9-23(38-26(30)31)25(10-18)37-15-17-2-3-17/h5-11,14-15,18,25,27,33H,3-4,12-13,16H2,1-2H3;4-10,13-14,17,24,26H,2-3,11-12,15,32H2,1H3/t25-;24-/m00/s1. The molecule has 0 aliphatic heterocycles. The summed E-state index contributed by atoms with van der Waals surface area (Å²) in [6.07, 6.45) is 6.02. The molecule has 0 bridgehead atoms. The van der Waals surface area contributed by atoms with Crippen LogP contribution in [-0.4, -0.2) is 77.2 Å². The van der Waals surface area contributed by atoms with Crippen molar-refractivity contribution < 1.29 is 73.5 Å². The highest BCUT2D eigenvalue weighted by atomic mass is 35.5. The predicted octanol–water partition coefficient (Wildman–Crippen LogP) is 12.1. The molecular weight excluding hydrogens is 1190 g/mol. The van der Waals surface area contributed by atoms with Crippen LogP contribution in [0.15, 0.2) is 110 Å². The van der Waals surface area contributed by atoms with Crippen LogP contribution in [0.5, 0.6) is 23.0 Å². The highest BCUT2D eigenvalue weighted by Crippen LogP contribution is 2.40. The van der Waals surface area contributed by atoms with Crippen LogP contribution in [-0.2, 0) is 45.4 Å². The predicted molar refractivity (Wildman–Crippen MR) is 298 cm³/mol. The van der Waals surface area contributed by atoms with Gasteiger partial charge in [0, 0.05) is 62.5 Å². The minimum Gasteiger partial charge on any atom is -0.619 e. The van der Waals surface area contributed by atoms with Crippen LogP contribution in [0.4, 0.5) is 38.5 Å². The fourth-order valence-corrected chi connectivity index (χ4v) is 9.70. The number of ether oxygens (including phenoxy) is 6. The molecule has 2 fully saturated rings. The van der Waals surface area contributed by atoms with E-state index in [2.05, 4.69) is 14.2 Å². The summed E-state index contributed by atoms with van der Waals surface area (Å²) in [5.74, 6) is 0.525. The largest absolute Gasteiger partial charge is 0.619 e. The van der Waals surface area contributed by atoms with Gasteiger partial charge in [-0.15, -0.1) is 0 Å². The summed E-state index contributed by atoms with van der Waals surface area (Å²) in [5.41, 5.74) is 9.74. The molecule has 2 amide bonds. The van der Waals surface area contributed by atoms with Crippen LogP contribution in [0.1, 0.15) is 71.3 Å². The third kappa shape index (κ3) is 19.3. The van der Waals surface area contributed by atoms with Gasteiger partial charge >= 0.3 is 25.4 Å². The third-order valence-electron chi connectivity index (χ3n) is 12.5. The van der Waals surface area contributed by atoms with Gasteiger partial charge in [-0.3, -0.25) is 4.72 Å². The van der Waals surface area contributed by atoms with Crippen LogP contribution in [0, 0.1) is 22.3 Å². The van der Waals surface area contributed by atoms with Crippen LogP contribution in [0.25, 0.3) is 0 Å². The first-order valence-electron chi connectivity index (χ1n) is 25.2. The van der Waals surface area contributed by atoms with Crippen molar-refractivity contribution in [2.24, 2.45) is 11.8 Å². The van der Waals surface area contributed by atoms with E-state index in [-0.39, 0.29) is 69.0 Å². The lowest BCUT2D eigenvalue weighted by Crippen LogP contribution is -2.29. The average molecular weight is 1240 g/mol. The molecule has 0 saturated heterocycles. The minimum absolute atomic E-state index is 0.00290.